The fourth-order valence-corrected chi connectivity index (χ4v) is 9.52. The highest BCUT2D eigenvalue weighted by atomic mass is 32.2. The third-order valence-corrected chi connectivity index (χ3v) is 10.8. The van der Waals surface area contributed by atoms with Gasteiger partial charge in [-0.2, -0.15) is 0 Å². The van der Waals surface area contributed by atoms with Gasteiger partial charge in [0.25, 0.3) is 0 Å². The Labute approximate surface area is 246 Å². The summed E-state index contributed by atoms with van der Waals surface area (Å²) in [6, 6.07) is 15.6. The first-order chi connectivity index (χ1) is 19.6. The number of aliphatic hydroxyl groups is 1. The van der Waals surface area contributed by atoms with Gasteiger partial charge in [-0.15, -0.1) is 11.8 Å². The van der Waals surface area contributed by atoms with Crippen LogP contribution in [0.15, 0.2) is 54.6 Å². The van der Waals surface area contributed by atoms with Crippen molar-refractivity contribution < 1.29 is 24.2 Å². The number of ether oxygens (including phenoxy) is 1. The van der Waals surface area contributed by atoms with E-state index in [0.717, 1.165) is 17.7 Å². The first-order valence-corrected chi connectivity index (χ1v) is 15.4. The molecule has 0 aromatic heterocycles. The van der Waals surface area contributed by atoms with Gasteiger partial charge in [-0.05, 0) is 68.9 Å². The van der Waals surface area contributed by atoms with E-state index < -0.39 is 33.4 Å². The molecule has 3 amide bonds. The molecule has 3 fully saturated rings. The van der Waals surface area contributed by atoms with Crippen LogP contribution in [-0.2, 0) is 20.9 Å². The molecule has 9 heteroatoms. The number of hydrogen-bond donors (Lipinski definition) is 3. The van der Waals surface area contributed by atoms with Crippen molar-refractivity contribution in [1.82, 2.24) is 10.2 Å². The molecule has 220 valence electrons. The maximum atomic E-state index is 14.4. The van der Waals surface area contributed by atoms with Crippen LogP contribution < -0.4 is 15.4 Å². The highest BCUT2D eigenvalue weighted by Crippen LogP contribution is 2.71. The van der Waals surface area contributed by atoms with Crippen LogP contribution in [0.2, 0.25) is 0 Å². The van der Waals surface area contributed by atoms with Crippen LogP contribution in [0.25, 0.3) is 0 Å². The molecule has 8 nitrogen and oxygen atoms in total. The average molecular weight is 580 g/mol. The highest BCUT2D eigenvalue weighted by Gasteiger charge is 2.77. The third-order valence-electron chi connectivity index (χ3n) is 8.84. The summed E-state index contributed by atoms with van der Waals surface area (Å²) in [5.74, 6) is -0.956. The first-order valence-electron chi connectivity index (χ1n) is 14.6. The van der Waals surface area contributed by atoms with Crippen molar-refractivity contribution in [3.05, 3.63) is 60.2 Å². The van der Waals surface area contributed by atoms with E-state index in [1.165, 1.54) is 0 Å². The number of fused-ring (bicyclic) bond motifs is 1. The van der Waals surface area contributed by atoms with Crippen molar-refractivity contribution in [2.75, 3.05) is 18.5 Å². The molecule has 6 atom stereocenters. The molecule has 2 aromatic rings. The molecule has 0 aliphatic carbocycles. The van der Waals surface area contributed by atoms with Gasteiger partial charge >= 0.3 is 0 Å². The number of hydrogen-bond acceptors (Lipinski definition) is 6. The molecule has 2 bridgehead atoms. The van der Waals surface area contributed by atoms with Crippen molar-refractivity contribution in [3.63, 3.8) is 0 Å². The maximum absolute atomic E-state index is 14.4. The molecular formula is C32H41N3O5S. The summed E-state index contributed by atoms with van der Waals surface area (Å²) in [6.07, 6.45) is 1.96. The molecule has 0 saturated carbocycles. The molecule has 3 aliphatic heterocycles. The van der Waals surface area contributed by atoms with E-state index in [0.29, 0.717) is 31.7 Å². The van der Waals surface area contributed by atoms with E-state index >= 15 is 0 Å². The Balaban J connectivity index is 1.47. The van der Waals surface area contributed by atoms with E-state index in [4.69, 9.17) is 4.74 Å². The largest absolute Gasteiger partial charge is 0.494 e. The Morgan fingerprint density at radius 2 is 1.80 bits per heavy atom. The lowest BCUT2D eigenvalue weighted by Gasteiger charge is -2.37. The van der Waals surface area contributed by atoms with E-state index in [9.17, 15) is 19.5 Å². The number of likely N-dealkylation sites (tertiary alicyclic amines) is 1. The second-order valence-electron chi connectivity index (χ2n) is 12.1. The summed E-state index contributed by atoms with van der Waals surface area (Å²) < 4.78 is 4.30. The number of carbonyl (C=O) groups is 3. The predicted molar refractivity (Wildman–Crippen MR) is 160 cm³/mol. The molecule has 41 heavy (non-hydrogen) atoms. The lowest BCUT2D eigenvalue weighted by atomic mass is 9.66. The minimum atomic E-state index is -0.769. The van der Waals surface area contributed by atoms with Crippen LogP contribution in [0.4, 0.5) is 5.69 Å². The predicted octanol–water partition coefficient (Wildman–Crippen LogP) is 4.23. The molecule has 3 saturated heterocycles. The molecule has 2 unspecified atom stereocenters. The minimum absolute atomic E-state index is 0.202. The van der Waals surface area contributed by atoms with Crippen LogP contribution in [0.3, 0.4) is 0 Å². The van der Waals surface area contributed by atoms with Gasteiger partial charge < -0.3 is 25.4 Å². The third kappa shape index (κ3) is 5.34. The number of amides is 3. The Bertz CT molecular complexity index is 1270. The van der Waals surface area contributed by atoms with Crippen LogP contribution in [-0.4, -0.2) is 62.5 Å². The fourth-order valence-electron chi connectivity index (χ4n) is 7.18. The lowest BCUT2D eigenvalue weighted by molar-refractivity contribution is -0.142. The zero-order valence-corrected chi connectivity index (χ0v) is 25.1. The Kier molecular flexibility index (Phi) is 8.39. The van der Waals surface area contributed by atoms with Gasteiger partial charge in [0, 0.05) is 17.0 Å². The van der Waals surface area contributed by atoms with Crippen molar-refractivity contribution >= 4 is 35.2 Å². The second-order valence-corrected chi connectivity index (χ2v) is 14.0. The summed E-state index contributed by atoms with van der Waals surface area (Å²) in [5.41, 5.74) is 1.60. The number of anilines is 1. The van der Waals surface area contributed by atoms with Crippen molar-refractivity contribution in [2.45, 2.75) is 75.1 Å². The molecular weight excluding hydrogens is 538 g/mol. The van der Waals surface area contributed by atoms with E-state index in [1.807, 2.05) is 63.2 Å². The first kappa shape index (κ1) is 29.5. The number of rotatable bonds is 11. The van der Waals surface area contributed by atoms with Gasteiger partial charge in [-0.25, -0.2) is 0 Å². The summed E-state index contributed by atoms with van der Waals surface area (Å²) in [4.78, 5) is 44.0. The molecule has 2 aromatic carbocycles. The monoisotopic (exact) mass is 579 g/mol. The van der Waals surface area contributed by atoms with Gasteiger partial charge in [0.2, 0.25) is 17.7 Å². The van der Waals surface area contributed by atoms with Crippen molar-refractivity contribution in [2.24, 2.45) is 17.8 Å². The highest BCUT2D eigenvalue weighted by molar-refractivity contribution is 8.02. The minimum Gasteiger partial charge on any atom is -0.494 e. The average Bonchev–Trinajstić information content (AvgIpc) is 3.52. The molecule has 5 rings (SSSR count). The quantitative estimate of drug-likeness (QED) is 0.368. The van der Waals surface area contributed by atoms with Crippen LogP contribution in [0.1, 0.15) is 52.5 Å². The Hall–Kier alpha value is -3.04. The van der Waals surface area contributed by atoms with Gasteiger partial charge in [0.05, 0.1) is 35.8 Å². The van der Waals surface area contributed by atoms with E-state index in [-0.39, 0.29) is 30.2 Å². The standard InChI is InChI=1S/C32H41N3O5S/c1-5-40-24-13-11-22(12-14-24)34-28(37)25-26-30(39)35(23(19-36)17-20(2)3)27(32(26)16-15-31(25,4)41-32)29(38)33-18-21-9-7-6-8-10-21/h6-14,20,23,25-27,36H,5,15-19H2,1-4H3,(H,33,38)(H,34,37)/t23-,25-,26+,27?,31+,32?/m1/s1. The molecule has 3 aliphatic rings. The second kappa shape index (κ2) is 11.7. The van der Waals surface area contributed by atoms with Gasteiger partial charge in [-0.1, -0.05) is 44.2 Å². The smallest absolute Gasteiger partial charge is 0.244 e. The normalized spacial score (nSPS) is 29.0. The number of carbonyl (C=O) groups excluding carboxylic acids is 3. The number of thioether (sulfide) groups is 1. The maximum Gasteiger partial charge on any atom is 0.244 e. The Morgan fingerprint density at radius 3 is 2.44 bits per heavy atom. The topological polar surface area (TPSA) is 108 Å². The Morgan fingerprint density at radius 1 is 1.10 bits per heavy atom. The lowest BCUT2D eigenvalue weighted by Crippen LogP contribution is -2.56. The number of aliphatic hydroxyl groups excluding tert-OH is 1. The molecule has 0 radical (unpaired) electrons. The van der Waals surface area contributed by atoms with Crippen molar-refractivity contribution in [3.8, 4) is 5.75 Å². The summed E-state index contributed by atoms with van der Waals surface area (Å²) in [7, 11) is 0. The zero-order chi connectivity index (χ0) is 29.4. The fraction of sp³-hybridized carbons (Fsp3) is 0.531. The molecule has 3 heterocycles. The summed E-state index contributed by atoms with van der Waals surface area (Å²) >= 11 is 1.63. The number of nitrogens with one attached hydrogen (secondary N) is 2. The molecule has 1 spiro atoms. The van der Waals surface area contributed by atoms with Gasteiger partial charge in [0.15, 0.2) is 0 Å². The molecule has 3 N–H and O–H groups in total. The van der Waals surface area contributed by atoms with E-state index in [1.54, 1.807) is 28.8 Å². The zero-order valence-electron chi connectivity index (χ0n) is 24.3. The van der Waals surface area contributed by atoms with E-state index in [2.05, 4.69) is 17.6 Å². The summed E-state index contributed by atoms with van der Waals surface area (Å²) in [6.45, 7) is 8.72. The summed E-state index contributed by atoms with van der Waals surface area (Å²) in [5, 5.41) is 16.6. The number of benzene rings is 2. The van der Waals surface area contributed by atoms with Crippen LogP contribution in [0.5, 0.6) is 5.75 Å². The van der Waals surface area contributed by atoms with Gasteiger partial charge in [0.1, 0.15) is 11.8 Å². The van der Waals surface area contributed by atoms with Crippen LogP contribution >= 0.6 is 11.8 Å². The van der Waals surface area contributed by atoms with Crippen molar-refractivity contribution in [1.29, 1.82) is 0 Å². The van der Waals surface area contributed by atoms with Crippen LogP contribution in [0, 0.1) is 17.8 Å². The SMILES string of the molecule is CCOc1ccc(NC(=O)[C@H]2[C@H]3C(=O)N([C@@H](CO)CC(C)C)C(C(=O)NCc4ccccc4)C34CC[C@]2(C)S4)cc1. The van der Waals surface area contributed by atoms with Gasteiger partial charge in [-0.3, -0.25) is 14.4 Å². The number of nitrogens with zero attached hydrogens (tertiary/aromatic N) is 1.